The summed E-state index contributed by atoms with van der Waals surface area (Å²) in [4.78, 5) is 41.0. The van der Waals surface area contributed by atoms with Crippen molar-refractivity contribution in [1.82, 2.24) is 20.4 Å². The summed E-state index contributed by atoms with van der Waals surface area (Å²) in [5.74, 6) is -0.00147. The van der Waals surface area contributed by atoms with Gasteiger partial charge in [-0.2, -0.15) is 0 Å². The van der Waals surface area contributed by atoms with Gasteiger partial charge in [-0.1, -0.05) is 18.6 Å². The summed E-state index contributed by atoms with van der Waals surface area (Å²) in [6, 6.07) is 5.94. The zero-order valence-corrected chi connectivity index (χ0v) is 16.7. The molecule has 3 saturated heterocycles. The van der Waals surface area contributed by atoms with Gasteiger partial charge in [0, 0.05) is 44.2 Å². The average molecular weight is 396 g/mol. The fourth-order valence-electron chi connectivity index (χ4n) is 5.42. The number of piperidine rings is 1. The summed E-state index contributed by atoms with van der Waals surface area (Å²) in [6.45, 7) is 4.54. The molecule has 0 spiro atoms. The Kier molecular flexibility index (Phi) is 4.87. The summed E-state index contributed by atoms with van der Waals surface area (Å²) in [5, 5.41) is 6.08. The molecule has 154 valence electrons. The average Bonchev–Trinajstić information content (AvgIpc) is 2.83. The van der Waals surface area contributed by atoms with Crippen LogP contribution < -0.4 is 10.6 Å². The summed E-state index contributed by atoms with van der Waals surface area (Å²) >= 11 is 0. The first-order valence-electron chi connectivity index (χ1n) is 10.8. The molecule has 3 amide bonds. The van der Waals surface area contributed by atoms with Crippen molar-refractivity contribution in [2.24, 2.45) is 5.92 Å². The molecular formula is C22H28N4O3. The highest BCUT2D eigenvalue weighted by Gasteiger charge is 2.40. The lowest BCUT2D eigenvalue weighted by atomic mass is 9.98. The van der Waals surface area contributed by atoms with E-state index in [9.17, 15) is 14.4 Å². The molecule has 0 aliphatic carbocycles. The van der Waals surface area contributed by atoms with E-state index in [1.165, 1.54) is 24.8 Å². The largest absolute Gasteiger partial charge is 0.322 e. The van der Waals surface area contributed by atoms with Crippen LogP contribution in [0.2, 0.25) is 0 Å². The van der Waals surface area contributed by atoms with Crippen LogP contribution in [0.1, 0.15) is 53.6 Å². The first-order valence-corrected chi connectivity index (χ1v) is 10.8. The molecule has 3 atom stereocenters. The minimum atomic E-state index is -0.554. The normalized spacial score (nSPS) is 30.1. The maximum atomic E-state index is 13.0. The van der Waals surface area contributed by atoms with E-state index in [1.807, 2.05) is 12.1 Å². The maximum absolute atomic E-state index is 13.0. The Morgan fingerprint density at radius 1 is 1.07 bits per heavy atom. The van der Waals surface area contributed by atoms with Gasteiger partial charge in [-0.25, -0.2) is 0 Å². The molecular weight excluding hydrogens is 368 g/mol. The van der Waals surface area contributed by atoms with Crippen LogP contribution in [-0.4, -0.2) is 59.2 Å². The molecule has 7 nitrogen and oxygen atoms in total. The molecule has 0 saturated carbocycles. The van der Waals surface area contributed by atoms with Crippen LogP contribution in [-0.2, 0) is 22.7 Å². The van der Waals surface area contributed by atoms with Crippen LogP contribution in [0.25, 0.3) is 0 Å². The second-order valence-electron chi connectivity index (χ2n) is 8.94. The molecule has 5 rings (SSSR count). The van der Waals surface area contributed by atoms with Crippen molar-refractivity contribution < 1.29 is 14.4 Å². The summed E-state index contributed by atoms with van der Waals surface area (Å²) in [6.07, 6.45) is 4.52. The minimum Gasteiger partial charge on any atom is -0.322 e. The molecule has 1 aromatic carbocycles. The lowest BCUT2D eigenvalue weighted by Gasteiger charge is -2.30. The molecule has 2 N–H and O–H groups in total. The summed E-state index contributed by atoms with van der Waals surface area (Å²) in [7, 11) is 0. The molecule has 4 aliphatic heterocycles. The Morgan fingerprint density at radius 3 is 2.83 bits per heavy atom. The van der Waals surface area contributed by atoms with Gasteiger partial charge in [-0.3, -0.25) is 24.6 Å². The molecule has 4 heterocycles. The van der Waals surface area contributed by atoms with Gasteiger partial charge >= 0.3 is 0 Å². The van der Waals surface area contributed by atoms with Crippen molar-refractivity contribution in [2.75, 3.05) is 19.6 Å². The van der Waals surface area contributed by atoms with Gasteiger partial charge in [-0.15, -0.1) is 0 Å². The number of carbonyl (C=O) groups is 3. The van der Waals surface area contributed by atoms with Crippen molar-refractivity contribution in [1.29, 1.82) is 0 Å². The Labute approximate surface area is 170 Å². The monoisotopic (exact) mass is 396 g/mol. The number of likely N-dealkylation sites (tertiary alicyclic amines) is 1. The lowest BCUT2D eigenvalue weighted by molar-refractivity contribution is -0.136. The fraction of sp³-hybridized carbons (Fsp3) is 0.591. The number of nitrogens with one attached hydrogen (secondary N) is 2. The third-order valence-corrected chi connectivity index (χ3v) is 6.93. The van der Waals surface area contributed by atoms with E-state index in [-0.39, 0.29) is 24.1 Å². The molecule has 3 fully saturated rings. The van der Waals surface area contributed by atoms with Crippen LogP contribution in [0, 0.1) is 5.92 Å². The van der Waals surface area contributed by atoms with Gasteiger partial charge in [0.15, 0.2) is 0 Å². The summed E-state index contributed by atoms with van der Waals surface area (Å²) < 4.78 is 0. The van der Waals surface area contributed by atoms with Crippen LogP contribution >= 0.6 is 0 Å². The smallest absolute Gasteiger partial charge is 0.255 e. The van der Waals surface area contributed by atoms with E-state index in [0.29, 0.717) is 30.5 Å². The Hall–Kier alpha value is -2.25. The second-order valence-corrected chi connectivity index (χ2v) is 8.94. The van der Waals surface area contributed by atoms with Crippen LogP contribution in [0.5, 0.6) is 0 Å². The number of hydrogen-bond donors (Lipinski definition) is 2. The van der Waals surface area contributed by atoms with E-state index in [0.717, 1.165) is 31.7 Å². The first kappa shape index (κ1) is 18.8. The SMILES string of the molecule is O=C1CCC(N2Cc3c(CN4CC5CCCC(C4)NC5)cccc3C2=O)C(=O)N1. The highest BCUT2D eigenvalue weighted by molar-refractivity contribution is 6.05. The van der Waals surface area contributed by atoms with Crippen LogP contribution in [0.3, 0.4) is 0 Å². The van der Waals surface area contributed by atoms with Gasteiger partial charge in [0.25, 0.3) is 5.91 Å². The number of amides is 3. The predicted octanol–water partition coefficient (Wildman–Crippen LogP) is 1.02. The molecule has 1 aromatic rings. The fourth-order valence-corrected chi connectivity index (χ4v) is 5.42. The van der Waals surface area contributed by atoms with E-state index >= 15 is 0 Å². The maximum Gasteiger partial charge on any atom is 0.255 e. The van der Waals surface area contributed by atoms with Gasteiger partial charge in [0.05, 0.1) is 0 Å². The number of benzene rings is 1. The molecule has 2 bridgehead atoms. The van der Waals surface area contributed by atoms with E-state index in [4.69, 9.17) is 0 Å². The lowest BCUT2D eigenvalue weighted by Crippen LogP contribution is -2.52. The minimum absolute atomic E-state index is 0.0919. The van der Waals surface area contributed by atoms with E-state index in [2.05, 4.69) is 21.6 Å². The molecule has 29 heavy (non-hydrogen) atoms. The quantitative estimate of drug-likeness (QED) is 0.746. The Balaban J connectivity index is 1.35. The van der Waals surface area contributed by atoms with E-state index in [1.54, 1.807) is 4.90 Å². The third kappa shape index (κ3) is 3.57. The predicted molar refractivity (Wildman–Crippen MR) is 107 cm³/mol. The van der Waals surface area contributed by atoms with Crippen LogP contribution in [0.15, 0.2) is 18.2 Å². The molecule has 7 heteroatoms. The number of hydrogen-bond acceptors (Lipinski definition) is 5. The summed E-state index contributed by atoms with van der Waals surface area (Å²) in [5.41, 5.74) is 2.94. The van der Waals surface area contributed by atoms with Crippen LogP contribution in [0.4, 0.5) is 0 Å². The van der Waals surface area contributed by atoms with Crippen molar-refractivity contribution in [3.05, 3.63) is 34.9 Å². The van der Waals surface area contributed by atoms with Crippen molar-refractivity contribution in [2.45, 2.75) is 57.3 Å². The standard InChI is InChI=1S/C22H28N4O3/c27-20-8-7-19(21(28)24-20)26-13-18-15(4-2-6-17(18)22(26)29)11-25-10-14-3-1-5-16(12-25)23-9-14/h2,4,6,14,16,19,23H,1,3,5,7-13H2,(H,24,27,28). The molecule has 4 aliphatic rings. The van der Waals surface area contributed by atoms with Gasteiger partial charge < -0.3 is 10.2 Å². The number of rotatable bonds is 3. The van der Waals surface area contributed by atoms with Crippen molar-refractivity contribution in [3.63, 3.8) is 0 Å². The zero-order valence-electron chi connectivity index (χ0n) is 16.7. The highest BCUT2D eigenvalue weighted by Crippen LogP contribution is 2.31. The Bertz CT molecular complexity index is 840. The molecule has 3 unspecified atom stereocenters. The van der Waals surface area contributed by atoms with Crippen molar-refractivity contribution >= 4 is 17.7 Å². The van der Waals surface area contributed by atoms with Gasteiger partial charge in [0.1, 0.15) is 6.04 Å². The second kappa shape index (κ2) is 7.54. The first-order chi connectivity index (χ1) is 14.1. The van der Waals surface area contributed by atoms with Gasteiger partial charge in [-0.05, 0) is 48.9 Å². The molecule has 0 radical (unpaired) electrons. The third-order valence-electron chi connectivity index (χ3n) is 6.93. The topological polar surface area (TPSA) is 81.8 Å². The van der Waals surface area contributed by atoms with Gasteiger partial charge in [0.2, 0.25) is 11.8 Å². The number of nitrogens with zero attached hydrogens (tertiary/aromatic N) is 2. The Morgan fingerprint density at radius 2 is 1.97 bits per heavy atom. The number of carbonyl (C=O) groups excluding carboxylic acids is 3. The van der Waals surface area contributed by atoms with E-state index < -0.39 is 6.04 Å². The number of fused-ring (bicyclic) bond motifs is 4. The number of imide groups is 1. The molecule has 0 aromatic heterocycles. The zero-order chi connectivity index (χ0) is 20.0. The van der Waals surface area contributed by atoms with Crippen molar-refractivity contribution in [3.8, 4) is 0 Å². The highest BCUT2D eigenvalue weighted by atomic mass is 16.2.